The maximum atomic E-state index is 12.4. The van der Waals surface area contributed by atoms with Crippen LogP contribution < -0.4 is 9.80 Å². The second-order valence-electron chi connectivity index (χ2n) is 6.28. The molecule has 5 nitrogen and oxygen atoms in total. The number of aromatic hydroxyl groups is 1. The zero-order valence-corrected chi connectivity index (χ0v) is 14.8. The van der Waals surface area contributed by atoms with Crippen molar-refractivity contribution in [2.24, 2.45) is 0 Å². The van der Waals surface area contributed by atoms with Crippen LogP contribution >= 0.6 is 11.3 Å². The largest absolute Gasteiger partial charge is 0.506 e. The van der Waals surface area contributed by atoms with Crippen LogP contribution in [0.15, 0.2) is 41.1 Å². The number of piperazine rings is 1. The minimum Gasteiger partial charge on any atom is -0.506 e. The van der Waals surface area contributed by atoms with Crippen LogP contribution in [0.4, 0.5) is 5.69 Å². The van der Waals surface area contributed by atoms with Crippen LogP contribution in [0.2, 0.25) is 0 Å². The summed E-state index contributed by atoms with van der Waals surface area (Å²) in [5, 5.41) is 14.1. The molecule has 1 fully saturated rings. The summed E-state index contributed by atoms with van der Waals surface area (Å²) in [7, 11) is 1.87. The second-order valence-corrected chi connectivity index (χ2v) is 7.06. The first-order valence-electron chi connectivity index (χ1n) is 8.25. The number of anilines is 1. The zero-order chi connectivity index (χ0) is 16.9. The summed E-state index contributed by atoms with van der Waals surface area (Å²) in [6, 6.07) is 9.50. The minimum atomic E-state index is 0.187. The van der Waals surface area contributed by atoms with Gasteiger partial charge in [0.25, 0.3) is 5.91 Å². The van der Waals surface area contributed by atoms with Crippen molar-refractivity contribution >= 4 is 22.9 Å². The van der Waals surface area contributed by atoms with E-state index < -0.39 is 0 Å². The predicted molar refractivity (Wildman–Crippen MR) is 96.7 cm³/mol. The van der Waals surface area contributed by atoms with Crippen LogP contribution in [-0.2, 0) is 11.3 Å². The number of hydrogen-bond acceptors (Lipinski definition) is 4. The molecule has 24 heavy (non-hydrogen) atoms. The van der Waals surface area contributed by atoms with Crippen molar-refractivity contribution in [3.63, 3.8) is 0 Å². The highest BCUT2D eigenvalue weighted by molar-refractivity contribution is 7.07. The molecule has 1 amide bonds. The van der Waals surface area contributed by atoms with E-state index in [1.807, 2.05) is 35.5 Å². The molecule has 1 aliphatic rings. The van der Waals surface area contributed by atoms with Gasteiger partial charge >= 0.3 is 0 Å². The van der Waals surface area contributed by atoms with Gasteiger partial charge in [-0.1, -0.05) is 12.1 Å². The Bertz CT molecular complexity index is 667. The Hall–Kier alpha value is -2.05. The van der Waals surface area contributed by atoms with Crippen molar-refractivity contribution in [3.05, 3.63) is 46.7 Å². The summed E-state index contributed by atoms with van der Waals surface area (Å²) < 4.78 is 0. The van der Waals surface area contributed by atoms with Gasteiger partial charge in [-0.3, -0.25) is 4.79 Å². The van der Waals surface area contributed by atoms with Gasteiger partial charge in [0.05, 0.1) is 31.9 Å². The molecule has 3 rings (SSSR count). The van der Waals surface area contributed by atoms with Crippen LogP contribution in [0.1, 0.15) is 5.56 Å². The Morgan fingerprint density at radius 3 is 2.71 bits per heavy atom. The third-order valence-corrected chi connectivity index (χ3v) is 5.25. The van der Waals surface area contributed by atoms with Gasteiger partial charge in [-0.05, 0) is 34.5 Å². The molecule has 0 radical (unpaired) electrons. The quantitative estimate of drug-likeness (QED) is 0.843. The normalized spacial score (nSPS) is 15.5. The number of nitrogens with zero attached hydrogens (tertiary/aromatic N) is 2. The molecule has 2 aromatic rings. The smallest absolute Gasteiger partial charge is 0.277 e. The first kappa shape index (κ1) is 16.8. The number of hydrogen-bond donors (Lipinski definition) is 2. The molecule has 0 atom stereocenters. The highest BCUT2D eigenvalue weighted by Crippen LogP contribution is 2.25. The van der Waals surface area contributed by atoms with Crippen molar-refractivity contribution in [3.8, 4) is 5.75 Å². The molecule has 0 unspecified atom stereocenters. The molecule has 0 bridgehead atoms. The molecule has 0 saturated carbocycles. The van der Waals surface area contributed by atoms with E-state index in [0.29, 0.717) is 18.8 Å². The van der Waals surface area contributed by atoms with Gasteiger partial charge in [0, 0.05) is 13.6 Å². The SMILES string of the molecule is CN(Cc1ccsc1)C(=O)C[NH+]1CCN(c2ccccc2O)CC1. The highest BCUT2D eigenvalue weighted by Gasteiger charge is 2.24. The fraction of sp³-hybridized carbons (Fsp3) is 0.389. The molecule has 1 aromatic heterocycles. The molecule has 0 spiro atoms. The first-order valence-corrected chi connectivity index (χ1v) is 9.19. The van der Waals surface area contributed by atoms with E-state index in [1.165, 1.54) is 10.5 Å². The number of nitrogens with one attached hydrogen (secondary N) is 1. The van der Waals surface area contributed by atoms with Gasteiger partial charge in [0.2, 0.25) is 0 Å². The van der Waals surface area contributed by atoms with Crippen LogP contribution in [0.3, 0.4) is 0 Å². The number of benzene rings is 1. The van der Waals surface area contributed by atoms with Crippen molar-refractivity contribution in [1.82, 2.24) is 4.90 Å². The summed E-state index contributed by atoms with van der Waals surface area (Å²) >= 11 is 1.66. The molecule has 2 heterocycles. The number of amides is 1. The maximum Gasteiger partial charge on any atom is 0.277 e. The van der Waals surface area contributed by atoms with Crippen molar-refractivity contribution in [1.29, 1.82) is 0 Å². The number of carbonyl (C=O) groups excluding carboxylic acids is 1. The van der Waals surface area contributed by atoms with Gasteiger partial charge in [-0.25, -0.2) is 0 Å². The Morgan fingerprint density at radius 2 is 2.04 bits per heavy atom. The molecular formula is C18H24N3O2S+. The van der Waals surface area contributed by atoms with E-state index >= 15 is 0 Å². The number of likely N-dealkylation sites (N-methyl/N-ethyl adjacent to an activating group) is 1. The fourth-order valence-corrected chi connectivity index (χ4v) is 3.73. The zero-order valence-electron chi connectivity index (χ0n) is 13.9. The van der Waals surface area contributed by atoms with Gasteiger partial charge in [-0.15, -0.1) is 0 Å². The number of quaternary nitrogens is 1. The van der Waals surface area contributed by atoms with E-state index in [2.05, 4.69) is 16.3 Å². The number of phenols is 1. The number of phenolic OH excluding ortho intramolecular Hbond substituents is 1. The van der Waals surface area contributed by atoms with Crippen molar-refractivity contribution in [2.75, 3.05) is 44.7 Å². The Balaban J connectivity index is 1.48. The molecule has 1 aliphatic heterocycles. The average molecular weight is 346 g/mol. The van der Waals surface area contributed by atoms with E-state index in [4.69, 9.17) is 0 Å². The van der Waals surface area contributed by atoms with E-state index in [-0.39, 0.29) is 5.91 Å². The molecule has 6 heteroatoms. The number of para-hydroxylation sites is 2. The van der Waals surface area contributed by atoms with Gasteiger partial charge in [0.1, 0.15) is 5.75 Å². The second kappa shape index (κ2) is 7.68. The van der Waals surface area contributed by atoms with Gasteiger partial charge < -0.3 is 19.8 Å². The average Bonchev–Trinajstić information content (AvgIpc) is 3.09. The lowest BCUT2D eigenvalue weighted by molar-refractivity contribution is -0.892. The summed E-state index contributed by atoms with van der Waals surface area (Å²) in [6.07, 6.45) is 0. The minimum absolute atomic E-state index is 0.187. The van der Waals surface area contributed by atoms with Crippen molar-refractivity contribution in [2.45, 2.75) is 6.54 Å². The third-order valence-electron chi connectivity index (χ3n) is 4.52. The van der Waals surface area contributed by atoms with Crippen LogP contribution in [0.25, 0.3) is 0 Å². The monoisotopic (exact) mass is 346 g/mol. The van der Waals surface area contributed by atoms with E-state index in [0.717, 1.165) is 31.9 Å². The Morgan fingerprint density at radius 1 is 1.29 bits per heavy atom. The standard InChI is InChI=1S/C18H23N3O2S/c1-19(12-15-6-11-24-14-15)18(23)13-20-7-9-21(10-8-20)16-4-2-3-5-17(16)22/h2-6,11,14,22H,7-10,12-13H2,1H3/p+1. The first-order chi connectivity index (χ1) is 11.6. The fourth-order valence-electron chi connectivity index (χ4n) is 3.07. The molecule has 0 aliphatic carbocycles. The van der Waals surface area contributed by atoms with Gasteiger partial charge in [0.15, 0.2) is 6.54 Å². The van der Waals surface area contributed by atoms with E-state index in [1.54, 1.807) is 17.4 Å². The summed E-state index contributed by atoms with van der Waals surface area (Å²) in [6.45, 7) is 4.75. The summed E-state index contributed by atoms with van der Waals surface area (Å²) in [4.78, 5) is 17.7. The number of carbonyl (C=O) groups is 1. The molecule has 1 saturated heterocycles. The Kier molecular flexibility index (Phi) is 5.37. The lowest BCUT2D eigenvalue weighted by atomic mass is 10.2. The summed E-state index contributed by atoms with van der Waals surface area (Å²) in [5.41, 5.74) is 2.08. The third kappa shape index (κ3) is 4.07. The topological polar surface area (TPSA) is 48.2 Å². The predicted octanol–water partition coefficient (Wildman–Crippen LogP) is 0.817. The maximum absolute atomic E-state index is 12.4. The summed E-state index contributed by atoms with van der Waals surface area (Å²) in [5.74, 6) is 0.514. The molecular weight excluding hydrogens is 322 g/mol. The van der Waals surface area contributed by atoms with Gasteiger partial charge in [-0.2, -0.15) is 11.3 Å². The highest BCUT2D eigenvalue weighted by atomic mass is 32.1. The van der Waals surface area contributed by atoms with Crippen LogP contribution in [0, 0.1) is 0 Å². The number of thiophene rings is 1. The Labute approximate surface area is 146 Å². The number of rotatable bonds is 5. The lowest BCUT2D eigenvalue weighted by Crippen LogP contribution is -3.15. The molecule has 128 valence electrons. The van der Waals surface area contributed by atoms with Crippen LogP contribution in [0.5, 0.6) is 5.75 Å². The molecule has 2 N–H and O–H groups in total. The lowest BCUT2D eigenvalue weighted by Gasteiger charge is -2.34. The molecule has 1 aromatic carbocycles. The van der Waals surface area contributed by atoms with E-state index in [9.17, 15) is 9.90 Å². The van der Waals surface area contributed by atoms with Crippen LogP contribution in [-0.4, -0.2) is 55.7 Å². The van der Waals surface area contributed by atoms with Crippen molar-refractivity contribution < 1.29 is 14.8 Å².